The van der Waals surface area contributed by atoms with Gasteiger partial charge in [-0.3, -0.25) is 9.79 Å². The van der Waals surface area contributed by atoms with Crippen LogP contribution in [0.5, 0.6) is 5.75 Å². The summed E-state index contributed by atoms with van der Waals surface area (Å²) in [7, 11) is 1.46. The number of alkyl halides is 3. The molecule has 1 heterocycles. The van der Waals surface area contributed by atoms with E-state index in [1.165, 1.54) is 49.7 Å². The maximum Gasteiger partial charge on any atom is 0.573 e. The van der Waals surface area contributed by atoms with Crippen molar-refractivity contribution in [3.63, 3.8) is 0 Å². The van der Waals surface area contributed by atoms with Crippen molar-refractivity contribution in [2.24, 2.45) is 4.99 Å². The lowest BCUT2D eigenvalue weighted by molar-refractivity contribution is -0.274. The molecule has 0 unspecified atom stereocenters. The summed E-state index contributed by atoms with van der Waals surface area (Å²) >= 11 is 0. The fraction of sp³-hybridized carbons (Fsp3) is 0.150. The van der Waals surface area contributed by atoms with E-state index < -0.39 is 23.5 Å². The van der Waals surface area contributed by atoms with Crippen LogP contribution in [-0.2, 0) is 6.42 Å². The Bertz CT molecular complexity index is 1130. The number of hydrogen-bond acceptors (Lipinski definition) is 5. The minimum Gasteiger partial charge on any atom is -0.405 e. The van der Waals surface area contributed by atoms with Gasteiger partial charge in [-0.05, 0) is 24.3 Å². The molecular weight excluding hydrogens is 404 g/mol. The molecule has 0 saturated carbocycles. The molecule has 10 heteroatoms. The lowest BCUT2D eigenvalue weighted by atomic mass is 10.1. The number of para-hydroxylation sites is 1. The fourth-order valence-corrected chi connectivity index (χ4v) is 2.71. The number of ether oxygens (including phenoxy) is 1. The Labute approximate surface area is 168 Å². The summed E-state index contributed by atoms with van der Waals surface area (Å²) in [6, 6.07) is 11.1. The summed E-state index contributed by atoms with van der Waals surface area (Å²) in [4.78, 5) is 23.1. The van der Waals surface area contributed by atoms with E-state index in [2.05, 4.69) is 25.0 Å². The Morgan fingerprint density at radius 2 is 1.97 bits per heavy atom. The van der Waals surface area contributed by atoms with Gasteiger partial charge in [-0.25, -0.2) is 9.37 Å². The van der Waals surface area contributed by atoms with Gasteiger partial charge in [0.15, 0.2) is 0 Å². The molecule has 30 heavy (non-hydrogen) atoms. The van der Waals surface area contributed by atoms with E-state index in [-0.39, 0.29) is 29.2 Å². The van der Waals surface area contributed by atoms with Crippen molar-refractivity contribution in [3.05, 3.63) is 81.7 Å². The Kier molecular flexibility index (Phi) is 6.14. The highest BCUT2D eigenvalue weighted by molar-refractivity contribution is 5.86. The van der Waals surface area contributed by atoms with E-state index in [9.17, 15) is 22.4 Å². The molecule has 0 bridgehead atoms. The molecule has 6 nitrogen and oxygen atoms in total. The predicted octanol–water partition coefficient (Wildman–Crippen LogP) is 4.19. The van der Waals surface area contributed by atoms with Gasteiger partial charge in [-0.2, -0.15) is 0 Å². The zero-order chi connectivity index (χ0) is 21.7. The monoisotopic (exact) mass is 420 g/mol. The summed E-state index contributed by atoms with van der Waals surface area (Å²) in [6.45, 7) is 0. The van der Waals surface area contributed by atoms with Crippen LogP contribution in [0, 0.1) is 5.82 Å². The van der Waals surface area contributed by atoms with E-state index >= 15 is 0 Å². The molecule has 0 spiro atoms. The minimum atomic E-state index is -4.86. The highest BCUT2D eigenvalue weighted by atomic mass is 19.4. The van der Waals surface area contributed by atoms with Crippen LogP contribution in [-0.4, -0.2) is 29.6 Å². The van der Waals surface area contributed by atoms with Crippen LogP contribution in [0.15, 0.2) is 58.3 Å². The predicted molar refractivity (Wildman–Crippen MR) is 104 cm³/mol. The molecule has 0 atom stereocenters. The third kappa shape index (κ3) is 5.43. The van der Waals surface area contributed by atoms with Crippen molar-refractivity contribution in [1.29, 1.82) is 0 Å². The first-order chi connectivity index (χ1) is 14.2. The lowest BCUT2D eigenvalue weighted by Gasteiger charge is -2.14. The Balaban J connectivity index is 1.99. The third-order valence-electron chi connectivity index (χ3n) is 3.91. The van der Waals surface area contributed by atoms with E-state index in [4.69, 9.17) is 0 Å². The van der Waals surface area contributed by atoms with Gasteiger partial charge in [-0.1, -0.05) is 24.3 Å². The van der Waals surface area contributed by atoms with Crippen LogP contribution in [0.4, 0.5) is 29.1 Å². The third-order valence-corrected chi connectivity index (χ3v) is 3.91. The van der Waals surface area contributed by atoms with Gasteiger partial charge in [0.1, 0.15) is 28.8 Å². The van der Waals surface area contributed by atoms with Crippen LogP contribution in [0.2, 0.25) is 0 Å². The first-order valence-electron chi connectivity index (χ1n) is 8.67. The fourth-order valence-electron chi connectivity index (χ4n) is 2.71. The molecule has 156 valence electrons. The molecule has 0 aliphatic carbocycles. The van der Waals surface area contributed by atoms with Gasteiger partial charge in [-0.15, -0.1) is 13.2 Å². The van der Waals surface area contributed by atoms with Gasteiger partial charge in [0.25, 0.3) is 5.56 Å². The molecule has 0 amide bonds. The van der Waals surface area contributed by atoms with Crippen molar-refractivity contribution < 1.29 is 22.3 Å². The topological polar surface area (TPSA) is 79.4 Å². The van der Waals surface area contributed by atoms with Crippen LogP contribution in [0.3, 0.4) is 0 Å². The zero-order valence-corrected chi connectivity index (χ0v) is 15.6. The molecule has 0 radical (unpaired) electrons. The number of benzene rings is 2. The molecule has 2 N–H and O–H groups in total. The van der Waals surface area contributed by atoms with Gasteiger partial charge in [0.05, 0.1) is 0 Å². The second-order valence-corrected chi connectivity index (χ2v) is 6.13. The Morgan fingerprint density at radius 1 is 1.20 bits per heavy atom. The molecule has 3 aromatic rings. The molecule has 0 fully saturated rings. The molecule has 1 aromatic heterocycles. The number of halogens is 4. The highest BCUT2D eigenvalue weighted by Gasteiger charge is 2.32. The number of rotatable bonds is 6. The second-order valence-electron chi connectivity index (χ2n) is 6.13. The first-order valence-corrected chi connectivity index (χ1v) is 8.67. The number of H-pyrrole nitrogens is 1. The van der Waals surface area contributed by atoms with Crippen LogP contribution >= 0.6 is 0 Å². The van der Waals surface area contributed by atoms with Crippen molar-refractivity contribution >= 4 is 17.7 Å². The summed E-state index contributed by atoms with van der Waals surface area (Å²) in [5.74, 6) is -0.718. The van der Waals surface area contributed by atoms with Gasteiger partial charge >= 0.3 is 6.36 Å². The average molecular weight is 420 g/mol. The van der Waals surface area contributed by atoms with Crippen molar-refractivity contribution in [2.75, 3.05) is 12.4 Å². The Hall–Kier alpha value is -3.69. The van der Waals surface area contributed by atoms with Crippen molar-refractivity contribution in [2.45, 2.75) is 12.8 Å². The molecular formula is C20H16F4N4O2. The van der Waals surface area contributed by atoms with Crippen molar-refractivity contribution in [1.82, 2.24) is 9.97 Å². The van der Waals surface area contributed by atoms with Crippen LogP contribution in [0.1, 0.15) is 17.0 Å². The standard InChI is InChI=1S/C20H16F4N4O2/c1-25-11-15-18(26-14-7-4-6-13(21)10-14)27-17(28-19(15)29)9-12-5-2-3-8-16(12)30-20(22,23)24/h2-8,10-11H,9H2,1H3,(H2,26,27,28,29). The molecule has 0 saturated heterocycles. The van der Waals surface area contributed by atoms with E-state index in [1.807, 2.05) is 0 Å². The summed E-state index contributed by atoms with van der Waals surface area (Å²) in [5, 5.41) is 2.84. The number of aromatic nitrogens is 2. The summed E-state index contributed by atoms with van der Waals surface area (Å²) < 4.78 is 55.5. The van der Waals surface area contributed by atoms with Gasteiger partial charge in [0.2, 0.25) is 0 Å². The second kappa shape index (κ2) is 8.76. The number of aromatic amines is 1. The number of anilines is 2. The zero-order valence-electron chi connectivity index (χ0n) is 15.6. The summed E-state index contributed by atoms with van der Waals surface area (Å²) in [5.41, 5.74) is 0.0428. The molecule has 0 aliphatic heterocycles. The molecule has 3 rings (SSSR count). The number of aliphatic imine (C=N–C) groups is 1. The Morgan fingerprint density at radius 3 is 2.67 bits per heavy atom. The van der Waals surface area contributed by atoms with Gasteiger partial charge in [0, 0.05) is 30.9 Å². The summed E-state index contributed by atoms with van der Waals surface area (Å²) in [6.07, 6.45) is -3.72. The number of hydrogen-bond donors (Lipinski definition) is 2. The lowest BCUT2D eigenvalue weighted by Crippen LogP contribution is -2.21. The SMILES string of the molecule is CN=Cc1c(Nc2cccc(F)c2)nc(Cc2ccccc2OC(F)(F)F)[nH]c1=O. The van der Waals surface area contributed by atoms with Gasteiger partial charge < -0.3 is 15.0 Å². The highest BCUT2D eigenvalue weighted by Crippen LogP contribution is 2.27. The van der Waals surface area contributed by atoms with E-state index in [0.717, 1.165) is 0 Å². The number of nitrogens with zero attached hydrogens (tertiary/aromatic N) is 2. The smallest absolute Gasteiger partial charge is 0.405 e. The van der Waals surface area contributed by atoms with E-state index in [0.29, 0.717) is 5.69 Å². The van der Waals surface area contributed by atoms with Crippen molar-refractivity contribution in [3.8, 4) is 5.75 Å². The van der Waals surface area contributed by atoms with Crippen LogP contribution < -0.4 is 15.6 Å². The number of nitrogens with one attached hydrogen (secondary N) is 2. The quantitative estimate of drug-likeness (QED) is 0.463. The van der Waals surface area contributed by atoms with Crippen LogP contribution in [0.25, 0.3) is 0 Å². The molecule has 2 aromatic carbocycles. The largest absolute Gasteiger partial charge is 0.573 e. The molecule has 0 aliphatic rings. The van der Waals surface area contributed by atoms with E-state index in [1.54, 1.807) is 12.1 Å². The minimum absolute atomic E-state index is 0.0826. The normalized spacial score (nSPS) is 11.6. The average Bonchev–Trinajstić information content (AvgIpc) is 2.65. The first kappa shape index (κ1) is 21.0. The maximum absolute atomic E-state index is 13.5. The maximum atomic E-state index is 13.5.